The van der Waals surface area contributed by atoms with Crippen LogP contribution in [0.3, 0.4) is 0 Å². The molecule has 0 aromatic carbocycles. The number of carbonyl (C=O) groups is 1. The van der Waals surface area contributed by atoms with Crippen LogP contribution in [0.1, 0.15) is 6.42 Å². The molecule has 0 saturated carbocycles. The SMILES string of the molecule is CN(C)C(=O)CCn1cccc1. The molecule has 1 aromatic heterocycles. The normalized spacial score (nSPS) is 9.83. The van der Waals surface area contributed by atoms with Crippen LogP contribution in [-0.2, 0) is 11.3 Å². The van der Waals surface area contributed by atoms with Crippen molar-refractivity contribution in [1.29, 1.82) is 0 Å². The van der Waals surface area contributed by atoms with E-state index in [0.717, 1.165) is 6.54 Å². The predicted molar refractivity (Wildman–Crippen MR) is 47.7 cm³/mol. The fourth-order valence-corrected chi connectivity index (χ4v) is 0.968. The minimum atomic E-state index is 0.170. The lowest BCUT2D eigenvalue weighted by Gasteiger charge is -2.09. The zero-order valence-electron chi connectivity index (χ0n) is 7.53. The molecule has 1 aromatic rings. The van der Waals surface area contributed by atoms with Gasteiger partial charge >= 0.3 is 0 Å². The van der Waals surface area contributed by atoms with Gasteiger partial charge in [-0.05, 0) is 12.1 Å². The summed E-state index contributed by atoms with van der Waals surface area (Å²) in [5.74, 6) is 0.170. The van der Waals surface area contributed by atoms with Gasteiger partial charge in [-0.25, -0.2) is 0 Å². The Bertz CT molecular complexity index is 239. The molecule has 3 nitrogen and oxygen atoms in total. The summed E-state index contributed by atoms with van der Waals surface area (Å²) in [6.07, 6.45) is 4.49. The van der Waals surface area contributed by atoms with Gasteiger partial charge in [0, 0.05) is 39.5 Å². The Morgan fingerprint density at radius 3 is 2.42 bits per heavy atom. The maximum absolute atomic E-state index is 11.2. The summed E-state index contributed by atoms with van der Waals surface area (Å²) < 4.78 is 2.00. The number of hydrogen-bond donors (Lipinski definition) is 0. The molecule has 0 N–H and O–H groups in total. The minimum Gasteiger partial charge on any atom is -0.354 e. The van der Waals surface area contributed by atoms with Gasteiger partial charge in [-0.15, -0.1) is 0 Å². The Kier molecular flexibility index (Phi) is 2.91. The highest BCUT2D eigenvalue weighted by atomic mass is 16.2. The number of aromatic nitrogens is 1. The highest BCUT2D eigenvalue weighted by Gasteiger charge is 2.02. The van der Waals surface area contributed by atoms with E-state index in [4.69, 9.17) is 0 Å². The fourth-order valence-electron chi connectivity index (χ4n) is 0.968. The van der Waals surface area contributed by atoms with E-state index >= 15 is 0 Å². The number of carbonyl (C=O) groups excluding carboxylic acids is 1. The van der Waals surface area contributed by atoms with Crippen molar-refractivity contribution in [3.05, 3.63) is 24.5 Å². The van der Waals surface area contributed by atoms with Crippen LogP contribution in [0.2, 0.25) is 0 Å². The first-order valence-electron chi connectivity index (χ1n) is 4.01. The highest BCUT2D eigenvalue weighted by Crippen LogP contribution is 1.95. The Morgan fingerprint density at radius 2 is 1.92 bits per heavy atom. The number of rotatable bonds is 3. The first-order valence-corrected chi connectivity index (χ1v) is 4.01. The number of hydrogen-bond acceptors (Lipinski definition) is 1. The molecule has 0 spiro atoms. The third-order valence-corrected chi connectivity index (χ3v) is 1.75. The van der Waals surface area contributed by atoms with Crippen LogP contribution >= 0.6 is 0 Å². The van der Waals surface area contributed by atoms with Gasteiger partial charge in [0.25, 0.3) is 0 Å². The summed E-state index contributed by atoms with van der Waals surface area (Å²) in [6, 6.07) is 3.92. The highest BCUT2D eigenvalue weighted by molar-refractivity contribution is 5.75. The number of aryl methyl sites for hydroxylation is 1. The molecule has 0 aliphatic carbocycles. The van der Waals surface area contributed by atoms with E-state index in [1.807, 2.05) is 29.1 Å². The molecule has 0 unspecified atom stereocenters. The number of nitrogens with zero attached hydrogens (tertiary/aromatic N) is 2. The number of amides is 1. The Labute approximate surface area is 72.6 Å². The van der Waals surface area contributed by atoms with E-state index in [0.29, 0.717) is 6.42 Å². The van der Waals surface area contributed by atoms with Gasteiger partial charge in [-0.1, -0.05) is 0 Å². The standard InChI is InChI=1S/C9H14N2O/c1-10(2)9(12)5-8-11-6-3-4-7-11/h3-4,6-7H,5,8H2,1-2H3. The van der Waals surface area contributed by atoms with Crippen molar-refractivity contribution in [3.63, 3.8) is 0 Å². The molecule has 1 amide bonds. The van der Waals surface area contributed by atoms with Crippen molar-refractivity contribution >= 4 is 5.91 Å². The third-order valence-electron chi connectivity index (χ3n) is 1.75. The lowest BCUT2D eigenvalue weighted by molar-refractivity contribution is -0.128. The molecule has 0 aliphatic rings. The van der Waals surface area contributed by atoms with Gasteiger partial charge in [0.1, 0.15) is 0 Å². The second kappa shape index (κ2) is 3.95. The van der Waals surface area contributed by atoms with Crippen molar-refractivity contribution < 1.29 is 4.79 Å². The zero-order valence-corrected chi connectivity index (χ0v) is 7.53. The fraction of sp³-hybridized carbons (Fsp3) is 0.444. The van der Waals surface area contributed by atoms with Crippen LogP contribution in [0.25, 0.3) is 0 Å². The smallest absolute Gasteiger partial charge is 0.223 e. The van der Waals surface area contributed by atoms with E-state index in [-0.39, 0.29) is 5.91 Å². The van der Waals surface area contributed by atoms with Crippen LogP contribution in [0, 0.1) is 0 Å². The molecule has 0 atom stereocenters. The van der Waals surface area contributed by atoms with E-state index in [2.05, 4.69) is 0 Å². The molecular formula is C9H14N2O. The molecule has 0 fully saturated rings. The maximum Gasteiger partial charge on any atom is 0.223 e. The van der Waals surface area contributed by atoms with E-state index in [9.17, 15) is 4.79 Å². The summed E-state index contributed by atoms with van der Waals surface area (Å²) in [5, 5.41) is 0. The van der Waals surface area contributed by atoms with Crippen LogP contribution in [0.5, 0.6) is 0 Å². The molecule has 12 heavy (non-hydrogen) atoms. The van der Waals surface area contributed by atoms with Gasteiger partial charge in [0.2, 0.25) is 5.91 Å². The lowest BCUT2D eigenvalue weighted by atomic mass is 10.4. The minimum absolute atomic E-state index is 0.170. The van der Waals surface area contributed by atoms with Crippen molar-refractivity contribution in [2.24, 2.45) is 0 Å². The van der Waals surface area contributed by atoms with Crippen molar-refractivity contribution in [2.75, 3.05) is 14.1 Å². The van der Waals surface area contributed by atoms with E-state index in [1.165, 1.54) is 0 Å². The third kappa shape index (κ3) is 2.42. The quantitative estimate of drug-likeness (QED) is 0.656. The Morgan fingerprint density at radius 1 is 1.33 bits per heavy atom. The van der Waals surface area contributed by atoms with Crippen LogP contribution in [0.15, 0.2) is 24.5 Å². The molecule has 0 aliphatic heterocycles. The first-order chi connectivity index (χ1) is 5.70. The molecule has 1 heterocycles. The van der Waals surface area contributed by atoms with Crippen LogP contribution in [-0.4, -0.2) is 29.5 Å². The molecule has 0 radical (unpaired) electrons. The van der Waals surface area contributed by atoms with Crippen molar-refractivity contribution in [2.45, 2.75) is 13.0 Å². The zero-order chi connectivity index (χ0) is 8.97. The van der Waals surface area contributed by atoms with Gasteiger partial charge in [0.15, 0.2) is 0 Å². The van der Waals surface area contributed by atoms with Gasteiger partial charge in [0.05, 0.1) is 0 Å². The molecule has 0 bridgehead atoms. The Hall–Kier alpha value is -1.25. The van der Waals surface area contributed by atoms with Gasteiger partial charge < -0.3 is 9.47 Å². The summed E-state index contributed by atoms with van der Waals surface area (Å²) in [4.78, 5) is 12.8. The maximum atomic E-state index is 11.2. The molecule has 0 saturated heterocycles. The second-order valence-electron chi connectivity index (χ2n) is 2.96. The first kappa shape index (κ1) is 8.84. The van der Waals surface area contributed by atoms with Crippen molar-refractivity contribution in [3.8, 4) is 0 Å². The summed E-state index contributed by atoms with van der Waals surface area (Å²) >= 11 is 0. The second-order valence-corrected chi connectivity index (χ2v) is 2.96. The molecule has 66 valence electrons. The summed E-state index contributed by atoms with van der Waals surface area (Å²) in [7, 11) is 3.55. The molecule has 1 rings (SSSR count). The monoisotopic (exact) mass is 166 g/mol. The van der Waals surface area contributed by atoms with Gasteiger partial charge in [-0.2, -0.15) is 0 Å². The van der Waals surface area contributed by atoms with Gasteiger partial charge in [-0.3, -0.25) is 4.79 Å². The Balaban J connectivity index is 2.32. The largest absolute Gasteiger partial charge is 0.354 e. The molecular weight excluding hydrogens is 152 g/mol. The van der Waals surface area contributed by atoms with Crippen molar-refractivity contribution in [1.82, 2.24) is 9.47 Å². The van der Waals surface area contributed by atoms with E-state index in [1.54, 1.807) is 19.0 Å². The average Bonchev–Trinajstić information content (AvgIpc) is 2.51. The lowest BCUT2D eigenvalue weighted by Crippen LogP contribution is -2.22. The summed E-state index contributed by atoms with van der Waals surface area (Å²) in [5.41, 5.74) is 0. The predicted octanol–water partition coefficient (Wildman–Crippen LogP) is 0.966. The van der Waals surface area contributed by atoms with E-state index < -0.39 is 0 Å². The average molecular weight is 166 g/mol. The van der Waals surface area contributed by atoms with Crippen LogP contribution < -0.4 is 0 Å². The van der Waals surface area contributed by atoms with Crippen LogP contribution in [0.4, 0.5) is 0 Å². The summed E-state index contributed by atoms with van der Waals surface area (Å²) in [6.45, 7) is 0.768. The topological polar surface area (TPSA) is 25.2 Å². The molecule has 3 heteroatoms.